The molecule has 4 heteroatoms. The lowest BCUT2D eigenvalue weighted by Gasteiger charge is -2.29. The zero-order valence-electron chi connectivity index (χ0n) is 31.0. The Morgan fingerprint density at radius 1 is 0.549 bits per heavy atom. The molecule has 0 heterocycles. The van der Waals surface area contributed by atoms with Crippen molar-refractivity contribution in [3.8, 4) is 33.8 Å². The Labute approximate surface area is 305 Å². The fourth-order valence-corrected chi connectivity index (χ4v) is 8.80. The Morgan fingerprint density at radius 2 is 1.02 bits per heavy atom. The number of carbonyl (C=O) groups is 2. The summed E-state index contributed by atoms with van der Waals surface area (Å²) in [5, 5.41) is 22.9. The summed E-state index contributed by atoms with van der Waals surface area (Å²) in [6.07, 6.45) is 19.1. The molecule has 0 spiro atoms. The average molecular weight is 685 g/mol. The third kappa shape index (κ3) is 7.86. The van der Waals surface area contributed by atoms with Crippen molar-refractivity contribution >= 4 is 11.6 Å². The maximum atomic E-state index is 13.9. The van der Waals surface area contributed by atoms with E-state index in [1.165, 1.54) is 81.8 Å². The number of fused-ring (bicyclic) bond motifs is 2. The molecule has 4 aromatic carbocycles. The lowest BCUT2D eigenvalue weighted by molar-refractivity contribution is 0.0974. The van der Waals surface area contributed by atoms with E-state index in [2.05, 4.69) is 45.0 Å². The highest BCUT2D eigenvalue weighted by Crippen LogP contribution is 2.45. The van der Waals surface area contributed by atoms with Crippen LogP contribution in [0.5, 0.6) is 11.5 Å². The summed E-state index contributed by atoms with van der Waals surface area (Å²) in [7, 11) is 0. The van der Waals surface area contributed by atoms with Gasteiger partial charge in [0.25, 0.3) is 0 Å². The highest BCUT2D eigenvalue weighted by atomic mass is 16.3. The van der Waals surface area contributed by atoms with Crippen LogP contribution in [0.25, 0.3) is 22.3 Å². The summed E-state index contributed by atoms with van der Waals surface area (Å²) < 4.78 is 0. The zero-order chi connectivity index (χ0) is 35.9. The molecule has 2 aliphatic rings. The number of hydrogen-bond acceptors (Lipinski definition) is 4. The Kier molecular flexibility index (Phi) is 12.1. The number of benzene rings is 4. The monoisotopic (exact) mass is 684 g/mol. The van der Waals surface area contributed by atoms with Gasteiger partial charge in [-0.05, 0) is 103 Å². The van der Waals surface area contributed by atoms with Crippen molar-refractivity contribution in [1.29, 1.82) is 0 Å². The maximum Gasteiger partial charge on any atom is 0.198 e. The fraction of sp³-hybridized carbons (Fsp3) is 0.447. The molecule has 0 atom stereocenters. The average Bonchev–Trinajstić information content (AvgIpc) is 3.15. The van der Waals surface area contributed by atoms with E-state index in [-0.39, 0.29) is 33.8 Å². The molecule has 2 aliphatic carbocycles. The topological polar surface area (TPSA) is 74.6 Å². The van der Waals surface area contributed by atoms with Crippen molar-refractivity contribution in [2.45, 2.75) is 129 Å². The molecule has 51 heavy (non-hydrogen) atoms. The van der Waals surface area contributed by atoms with Gasteiger partial charge >= 0.3 is 0 Å². The first-order valence-electron chi connectivity index (χ1n) is 19.9. The van der Waals surface area contributed by atoms with E-state index in [9.17, 15) is 19.8 Å². The molecular formula is C47H56O4. The first kappa shape index (κ1) is 36.6. The van der Waals surface area contributed by atoms with Gasteiger partial charge in [-0.2, -0.15) is 0 Å². The third-order valence-electron chi connectivity index (χ3n) is 11.8. The van der Waals surface area contributed by atoms with Gasteiger partial charge in [0.2, 0.25) is 0 Å². The number of carbonyl (C=O) groups excluding carboxylic acids is 2. The van der Waals surface area contributed by atoms with Crippen molar-refractivity contribution in [3.63, 3.8) is 0 Å². The lowest BCUT2D eigenvalue weighted by atomic mass is 9.76. The van der Waals surface area contributed by atoms with Gasteiger partial charge in [0.05, 0.1) is 11.1 Å². The van der Waals surface area contributed by atoms with E-state index < -0.39 is 11.6 Å². The van der Waals surface area contributed by atoms with E-state index in [4.69, 9.17) is 0 Å². The van der Waals surface area contributed by atoms with E-state index in [0.717, 1.165) is 42.7 Å². The van der Waals surface area contributed by atoms with Crippen LogP contribution in [-0.2, 0) is 0 Å². The predicted octanol–water partition coefficient (Wildman–Crippen LogP) is 12.9. The van der Waals surface area contributed by atoms with Crippen LogP contribution in [0.2, 0.25) is 0 Å². The van der Waals surface area contributed by atoms with Gasteiger partial charge in [0.1, 0.15) is 11.5 Å². The van der Waals surface area contributed by atoms with Crippen LogP contribution in [0.1, 0.15) is 172 Å². The van der Waals surface area contributed by atoms with Gasteiger partial charge in [-0.15, -0.1) is 0 Å². The minimum absolute atomic E-state index is 0.00196. The summed E-state index contributed by atoms with van der Waals surface area (Å²) in [5.74, 6) is 0.631. The van der Waals surface area contributed by atoms with Crippen LogP contribution in [0.3, 0.4) is 0 Å². The van der Waals surface area contributed by atoms with Crippen molar-refractivity contribution in [1.82, 2.24) is 0 Å². The first-order chi connectivity index (χ1) is 24.9. The van der Waals surface area contributed by atoms with Gasteiger partial charge in [-0.3, -0.25) is 9.59 Å². The van der Waals surface area contributed by atoms with E-state index >= 15 is 0 Å². The predicted molar refractivity (Wildman–Crippen MR) is 209 cm³/mol. The lowest BCUT2D eigenvalue weighted by Crippen LogP contribution is -2.21. The molecule has 2 N–H and O–H groups in total. The van der Waals surface area contributed by atoms with Crippen molar-refractivity contribution in [2.24, 2.45) is 5.92 Å². The normalized spacial score (nSPS) is 17.1. The second kappa shape index (κ2) is 16.9. The number of hydrogen-bond donors (Lipinski definition) is 2. The van der Waals surface area contributed by atoms with Gasteiger partial charge in [0, 0.05) is 22.3 Å². The second-order valence-corrected chi connectivity index (χ2v) is 15.2. The van der Waals surface area contributed by atoms with Gasteiger partial charge in [-0.25, -0.2) is 0 Å². The molecule has 0 aromatic heterocycles. The minimum Gasteiger partial charge on any atom is -0.507 e. The molecule has 0 amide bonds. The number of ketones is 2. The molecule has 268 valence electrons. The first-order valence-corrected chi connectivity index (χ1v) is 19.9. The maximum absolute atomic E-state index is 13.9. The van der Waals surface area contributed by atoms with Crippen LogP contribution in [-0.4, -0.2) is 21.8 Å². The largest absolute Gasteiger partial charge is 0.507 e. The summed E-state index contributed by atoms with van der Waals surface area (Å²) in [6.45, 7) is 6.69. The van der Waals surface area contributed by atoms with Crippen LogP contribution < -0.4 is 0 Å². The van der Waals surface area contributed by atoms with Gasteiger partial charge in [0.15, 0.2) is 11.6 Å². The highest BCUT2D eigenvalue weighted by Gasteiger charge is 2.36. The Morgan fingerprint density at radius 3 is 1.53 bits per heavy atom. The molecular weight excluding hydrogens is 629 g/mol. The SMILES string of the molecule is CCCCCCCCC1CCC(c2ccc(-c3ccc4c(c3O)C(=O)c3ccc(-c5ccc(C(CCC)CCC)cc5)c(O)c3C4=O)cc2)CC1. The Hall–Kier alpha value is -4.18. The molecule has 6 rings (SSSR count). The molecule has 4 aromatic rings. The summed E-state index contributed by atoms with van der Waals surface area (Å²) in [4.78, 5) is 27.8. The van der Waals surface area contributed by atoms with Crippen molar-refractivity contribution in [2.75, 3.05) is 0 Å². The number of phenols is 2. The number of aromatic hydroxyl groups is 2. The van der Waals surface area contributed by atoms with Crippen LogP contribution >= 0.6 is 0 Å². The Balaban J connectivity index is 1.16. The molecule has 0 radical (unpaired) electrons. The molecule has 1 fully saturated rings. The van der Waals surface area contributed by atoms with Crippen LogP contribution in [0.4, 0.5) is 0 Å². The summed E-state index contributed by atoms with van der Waals surface area (Å²) >= 11 is 0. The molecule has 0 bridgehead atoms. The fourth-order valence-electron chi connectivity index (χ4n) is 8.80. The van der Waals surface area contributed by atoms with E-state index in [0.29, 0.717) is 23.0 Å². The standard InChI is InChI=1S/C47H56O4/c1-4-7-8-9-10-11-14-31-15-17-33(18-16-31)35-21-25-37(26-22-35)39-28-30-41-43(45(39)49)47(51)40-29-27-38(44(48)42(40)46(41)50)36-23-19-34(20-24-36)32(12-5-2)13-6-3/h19-33,48-49H,4-18H2,1-3H3. The number of rotatable bonds is 15. The number of phenolic OH excluding ortho intramolecular Hbond substituents is 2. The quantitative estimate of drug-likeness (QED) is 0.108. The molecule has 0 saturated heterocycles. The second-order valence-electron chi connectivity index (χ2n) is 15.2. The van der Waals surface area contributed by atoms with Crippen LogP contribution in [0, 0.1) is 5.92 Å². The molecule has 0 unspecified atom stereocenters. The van der Waals surface area contributed by atoms with E-state index in [1.54, 1.807) is 24.3 Å². The third-order valence-corrected chi connectivity index (χ3v) is 11.8. The van der Waals surface area contributed by atoms with Crippen molar-refractivity contribution < 1.29 is 19.8 Å². The molecule has 1 saturated carbocycles. The smallest absolute Gasteiger partial charge is 0.198 e. The molecule has 4 nitrogen and oxygen atoms in total. The van der Waals surface area contributed by atoms with Crippen molar-refractivity contribution in [3.05, 3.63) is 106 Å². The van der Waals surface area contributed by atoms with Gasteiger partial charge in [-0.1, -0.05) is 127 Å². The van der Waals surface area contributed by atoms with E-state index in [1.807, 2.05) is 24.3 Å². The van der Waals surface area contributed by atoms with Gasteiger partial charge < -0.3 is 10.2 Å². The summed E-state index contributed by atoms with van der Waals surface area (Å²) in [6, 6.07) is 23.2. The summed E-state index contributed by atoms with van der Waals surface area (Å²) in [5.41, 5.74) is 5.49. The minimum atomic E-state index is -0.453. The van der Waals surface area contributed by atoms with Crippen LogP contribution in [0.15, 0.2) is 72.8 Å². The zero-order valence-corrected chi connectivity index (χ0v) is 31.0. The highest BCUT2D eigenvalue weighted by molar-refractivity contribution is 6.31. The molecule has 0 aliphatic heterocycles. The Bertz CT molecular complexity index is 1800. The number of unbranched alkanes of at least 4 members (excludes halogenated alkanes) is 5.